The molecule has 0 unspecified atom stereocenters. The maximum atomic E-state index is 13.7. The van der Waals surface area contributed by atoms with Gasteiger partial charge in [0.15, 0.2) is 5.65 Å². The lowest BCUT2D eigenvalue weighted by Gasteiger charge is -2.23. The fraction of sp³-hybridized carbons (Fsp3) is 0.188. The van der Waals surface area contributed by atoms with Crippen molar-refractivity contribution >= 4 is 27.3 Å². The minimum Gasteiger partial charge on any atom is -0.468 e. The number of rotatable bonds is 5. The highest BCUT2D eigenvalue weighted by atomic mass is 32.2. The van der Waals surface area contributed by atoms with E-state index in [1.807, 2.05) is 0 Å². The van der Waals surface area contributed by atoms with Gasteiger partial charge in [-0.15, -0.1) is 10.2 Å². The van der Waals surface area contributed by atoms with Crippen LogP contribution >= 0.6 is 0 Å². The standard InChI is InChI=1S/C16H14F2N4O4S/c1-10-19-20-16-14(4-3-5-21(10)16)27(24,25)22(9-15(23)26-2)13-7-11(17)6-12(18)8-13/h3-8H,9H2,1-2H3. The second-order valence-electron chi connectivity index (χ2n) is 5.53. The van der Waals surface area contributed by atoms with Crippen molar-refractivity contribution in [2.75, 3.05) is 18.0 Å². The Labute approximate surface area is 153 Å². The summed E-state index contributed by atoms with van der Waals surface area (Å²) in [6, 6.07) is 4.92. The summed E-state index contributed by atoms with van der Waals surface area (Å²) in [6.07, 6.45) is 1.57. The Morgan fingerprint density at radius 1 is 1.22 bits per heavy atom. The third-order valence-corrected chi connectivity index (χ3v) is 5.57. The molecular formula is C16H14F2N4O4S. The van der Waals surface area contributed by atoms with Crippen molar-refractivity contribution in [1.82, 2.24) is 14.6 Å². The number of halogens is 2. The molecule has 0 spiro atoms. The lowest BCUT2D eigenvalue weighted by molar-refractivity contribution is -0.138. The number of aryl methyl sites for hydroxylation is 1. The van der Waals surface area contributed by atoms with Crippen LogP contribution in [0.1, 0.15) is 5.82 Å². The van der Waals surface area contributed by atoms with E-state index >= 15 is 0 Å². The number of fused-ring (bicyclic) bond motifs is 1. The molecule has 0 aliphatic rings. The fourth-order valence-electron chi connectivity index (χ4n) is 2.51. The van der Waals surface area contributed by atoms with E-state index in [0.717, 1.165) is 19.2 Å². The Bertz CT molecular complexity index is 1110. The Morgan fingerprint density at radius 3 is 2.52 bits per heavy atom. The van der Waals surface area contributed by atoms with Gasteiger partial charge in [-0.05, 0) is 31.2 Å². The molecule has 1 aromatic carbocycles. The molecule has 0 saturated heterocycles. The summed E-state index contributed by atoms with van der Waals surface area (Å²) in [5, 5.41) is 7.66. The summed E-state index contributed by atoms with van der Waals surface area (Å²) in [5.74, 6) is -2.45. The number of ether oxygens (including phenoxy) is 1. The first-order valence-corrected chi connectivity index (χ1v) is 9.04. The van der Waals surface area contributed by atoms with Crippen molar-refractivity contribution in [3.8, 4) is 0 Å². The second-order valence-corrected chi connectivity index (χ2v) is 7.36. The van der Waals surface area contributed by atoms with Gasteiger partial charge in [0, 0.05) is 12.3 Å². The number of benzene rings is 1. The molecule has 27 heavy (non-hydrogen) atoms. The third kappa shape index (κ3) is 3.45. The van der Waals surface area contributed by atoms with E-state index in [2.05, 4.69) is 14.9 Å². The number of sulfonamides is 1. The van der Waals surface area contributed by atoms with Gasteiger partial charge >= 0.3 is 5.97 Å². The average molecular weight is 396 g/mol. The maximum Gasteiger partial charge on any atom is 0.326 e. The van der Waals surface area contributed by atoms with E-state index in [1.54, 1.807) is 13.1 Å². The van der Waals surface area contributed by atoms with E-state index in [0.29, 0.717) is 16.2 Å². The molecule has 0 amide bonds. The minimum atomic E-state index is -4.43. The van der Waals surface area contributed by atoms with E-state index in [-0.39, 0.29) is 16.2 Å². The molecule has 0 atom stereocenters. The SMILES string of the molecule is COC(=O)CN(c1cc(F)cc(F)c1)S(=O)(=O)c1cccn2c(C)nnc12. The summed E-state index contributed by atoms with van der Waals surface area (Å²) < 4.78 is 60.3. The molecule has 3 aromatic rings. The van der Waals surface area contributed by atoms with Gasteiger partial charge in [-0.1, -0.05) is 0 Å². The highest BCUT2D eigenvalue weighted by Gasteiger charge is 2.31. The van der Waals surface area contributed by atoms with Crippen molar-refractivity contribution in [2.24, 2.45) is 0 Å². The Morgan fingerprint density at radius 2 is 1.89 bits per heavy atom. The predicted molar refractivity (Wildman–Crippen MR) is 90.6 cm³/mol. The summed E-state index contributed by atoms with van der Waals surface area (Å²) in [6.45, 7) is 0.848. The van der Waals surface area contributed by atoms with Gasteiger partial charge < -0.3 is 4.74 Å². The number of nitrogens with zero attached hydrogens (tertiary/aromatic N) is 4. The zero-order valence-corrected chi connectivity index (χ0v) is 15.1. The van der Waals surface area contributed by atoms with E-state index < -0.39 is 34.2 Å². The second kappa shape index (κ2) is 6.91. The molecule has 0 fully saturated rings. The first kappa shape index (κ1) is 18.7. The monoisotopic (exact) mass is 396 g/mol. The van der Waals surface area contributed by atoms with E-state index in [4.69, 9.17) is 0 Å². The first-order chi connectivity index (χ1) is 12.7. The zero-order chi connectivity index (χ0) is 19.8. The number of pyridine rings is 1. The van der Waals surface area contributed by atoms with Gasteiger partial charge in [0.2, 0.25) is 0 Å². The molecule has 2 heterocycles. The average Bonchev–Trinajstić information content (AvgIpc) is 2.99. The number of carbonyl (C=O) groups excluding carboxylic acids is 1. The highest BCUT2D eigenvalue weighted by molar-refractivity contribution is 7.93. The lowest BCUT2D eigenvalue weighted by atomic mass is 10.3. The molecule has 2 aromatic heterocycles. The molecule has 0 saturated carbocycles. The summed E-state index contributed by atoms with van der Waals surface area (Å²) in [5.41, 5.74) is -0.349. The van der Waals surface area contributed by atoms with Crippen LogP contribution in [0.2, 0.25) is 0 Å². The molecule has 142 valence electrons. The molecule has 0 bridgehead atoms. The van der Waals surface area contributed by atoms with Crippen LogP contribution in [-0.4, -0.2) is 42.6 Å². The van der Waals surface area contributed by atoms with E-state index in [9.17, 15) is 22.0 Å². The third-order valence-electron chi connectivity index (χ3n) is 3.77. The van der Waals surface area contributed by atoms with Crippen LogP contribution in [0, 0.1) is 18.6 Å². The number of aromatic nitrogens is 3. The highest BCUT2D eigenvalue weighted by Crippen LogP contribution is 2.27. The van der Waals surface area contributed by atoms with Crippen LogP contribution < -0.4 is 4.31 Å². The largest absolute Gasteiger partial charge is 0.468 e. The van der Waals surface area contributed by atoms with Crippen LogP contribution in [0.4, 0.5) is 14.5 Å². The fourth-order valence-corrected chi connectivity index (χ4v) is 4.02. The van der Waals surface area contributed by atoms with Crippen LogP contribution in [0.25, 0.3) is 5.65 Å². The normalized spacial score (nSPS) is 11.6. The molecule has 11 heteroatoms. The number of esters is 1. The molecular weight excluding hydrogens is 382 g/mol. The van der Waals surface area contributed by atoms with Crippen LogP contribution in [0.5, 0.6) is 0 Å². The van der Waals surface area contributed by atoms with Crippen molar-refractivity contribution in [2.45, 2.75) is 11.8 Å². The van der Waals surface area contributed by atoms with Crippen molar-refractivity contribution < 1.29 is 26.7 Å². The van der Waals surface area contributed by atoms with Crippen LogP contribution in [0.15, 0.2) is 41.4 Å². The number of carbonyl (C=O) groups is 1. The van der Waals surface area contributed by atoms with Gasteiger partial charge in [-0.25, -0.2) is 17.2 Å². The van der Waals surface area contributed by atoms with Gasteiger partial charge in [-0.2, -0.15) is 0 Å². The molecule has 0 aliphatic carbocycles. The van der Waals surface area contributed by atoms with Gasteiger partial charge in [0.25, 0.3) is 10.0 Å². The number of anilines is 1. The van der Waals surface area contributed by atoms with Gasteiger partial charge in [0.05, 0.1) is 12.8 Å². The van der Waals surface area contributed by atoms with Crippen LogP contribution in [0.3, 0.4) is 0 Å². The number of methoxy groups -OCH3 is 1. The maximum absolute atomic E-state index is 13.7. The van der Waals surface area contributed by atoms with E-state index in [1.165, 1.54) is 16.5 Å². The topological polar surface area (TPSA) is 93.9 Å². The van der Waals surface area contributed by atoms with Crippen molar-refractivity contribution in [3.05, 3.63) is 54.0 Å². The van der Waals surface area contributed by atoms with Crippen molar-refractivity contribution in [3.63, 3.8) is 0 Å². The van der Waals surface area contributed by atoms with Crippen LogP contribution in [-0.2, 0) is 19.6 Å². The summed E-state index contributed by atoms with van der Waals surface area (Å²) >= 11 is 0. The molecule has 0 radical (unpaired) electrons. The summed E-state index contributed by atoms with van der Waals surface area (Å²) in [4.78, 5) is 11.5. The Balaban J connectivity index is 2.22. The van der Waals surface area contributed by atoms with Crippen molar-refractivity contribution in [1.29, 1.82) is 0 Å². The molecule has 8 nitrogen and oxygen atoms in total. The lowest BCUT2D eigenvalue weighted by Crippen LogP contribution is -2.36. The Hall–Kier alpha value is -3.08. The molecule has 0 N–H and O–H groups in total. The first-order valence-electron chi connectivity index (χ1n) is 7.60. The summed E-state index contributed by atoms with van der Waals surface area (Å²) in [7, 11) is -3.36. The van der Waals surface area contributed by atoms with Gasteiger partial charge in [0.1, 0.15) is 28.9 Å². The smallest absolute Gasteiger partial charge is 0.326 e. The zero-order valence-electron chi connectivity index (χ0n) is 14.3. The quantitative estimate of drug-likeness (QED) is 0.609. The number of hydrogen-bond donors (Lipinski definition) is 0. The predicted octanol–water partition coefficient (Wildman–Crippen LogP) is 1.68. The molecule has 0 aliphatic heterocycles. The van der Waals surface area contributed by atoms with Gasteiger partial charge in [-0.3, -0.25) is 13.5 Å². The molecule has 3 rings (SSSR count). The Kier molecular flexibility index (Phi) is 4.79. The number of hydrogen-bond acceptors (Lipinski definition) is 6. The minimum absolute atomic E-state index is 0.0155.